The average Bonchev–Trinajstić information content (AvgIpc) is 3.07. The molecule has 4 rings (SSSR count). The Kier molecular flexibility index (Phi) is 3.15. The highest BCUT2D eigenvalue weighted by Crippen LogP contribution is 2.36. The van der Waals surface area contributed by atoms with Crippen molar-refractivity contribution in [2.75, 3.05) is 5.73 Å². The van der Waals surface area contributed by atoms with Crippen LogP contribution in [0.5, 0.6) is 0 Å². The minimum Gasteiger partial charge on any atom is -0.394 e. The molecule has 0 saturated carbocycles. The van der Waals surface area contributed by atoms with E-state index in [1.807, 2.05) is 20.8 Å². The Bertz CT molecular complexity index is 1220. The summed E-state index contributed by atoms with van der Waals surface area (Å²) in [6.07, 6.45) is 1.52. The summed E-state index contributed by atoms with van der Waals surface area (Å²) >= 11 is 0. The summed E-state index contributed by atoms with van der Waals surface area (Å²) in [5.74, 6) is -0.417. The largest absolute Gasteiger partial charge is 0.394 e. The zero-order valence-corrected chi connectivity index (χ0v) is 14.0. The molecule has 0 aliphatic heterocycles. The average molecular weight is 337 g/mol. The topological polar surface area (TPSA) is 100 Å². The first kappa shape index (κ1) is 15.3. The molecule has 0 fully saturated rings. The number of nitrogens with zero attached hydrogens (tertiary/aromatic N) is 2. The first-order valence-corrected chi connectivity index (χ1v) is 7.81. The fourth-order valence-electron chi connectivity index (χ4n) is 3.19. The molecule has 0 aliphatic rings. The van der Waals surface area contributed by atoms with Crippen molar-refractivity contribution < 1.29 is 4.39 Å². The van der Waals surface area contributed by atoms with Crippen molar-refractivity contribution in [3.8, 4) is 11.1 Å². The molecule has 7 heteroatoms. The van der Waals surface area contributed by atoms with Gasteiger partial charge in [-0.2, -0.15) is 5.10 Å². The Morgan fingerprint density at radius 1 is 1.12 bits per heavy atom. The summed E-state index contributed by atoms with van der Waals surface area (Å²) in [4.78, 5) is 19.9. The van der Waals surface area contributed by atoms with Crippen molar-refractivity contribution in [1.82, 2.24) is 20.2 Å². The number of halogens is 1. The van der Waals surface area contributed by atoms with Gasteiger partial charge in [0.15, 0.2) is 0 Å². The van der Waals surface area contributed by atoms with Crippen LogP contribution >= 0.6 is 0 Å². The van der Waals surface area contributed by atoms with Gasteiger partial charge in [0.25, 0.3) is 5.56 Å². The third kappa shape index (κ3) is 2.05. The van der Waals surface area contributed by atoms with Gasteiger partial charge in [0, 0.05) is 16.6 Å². The van der Waals surface area contributed by atoms with E-state index in [1.165, 1.54) is 12.3 Å². The number of aromatic nitrogens is 4. The maximum atomic E-state index is 14.0. The van der Waals surface area contributed by atoms with E-state index in [9.17, 15) is 9.18 Å². The van der Waals surface area contributed by atoms with Gasteiger partial charge >= 0.3 is 0 Å². The molecular formula is C18H16FN5O. The molecule has 0 saturated heterocycles. The molecule has 4 aromatic rings. The number of pyridine rings is 2. The molecule has 0 atom stereocenters. The van der Waals surface area contributed by atoms with Crippen LogP contribution in [0.3, 0.4) is 0 Å². The lowest BCUT2D eigenvalue weighted by Gasteiger charge is -2.14. The number of aryl methyl sites for hydroxylation is 2. The van der Waals surface area contributed by atoms with Crippen LogP contribution in [0.1, 0.15) is 16.8 Å². The molecule has 25 heavy (non-hydrogen) atoms. The normalized spacial score (nSPS) is 11.5. The highest BCUT2D eigenvalue weighted by Gasteiger charge is 2.20. The van der Waals surface area contributed by atoms with Gasteiger partial charge in [-0.25, -0.2) is 4.39 Å². The lowest BCUT2D eigenvalue weighted by molar-refractivity contribution is 0.636. The SMILES string of the molecule is Cc1nc2c(-c3ccc(F)c4[nH]ncc34)c(N)c(=O)[nH]c2c(C)c1C. The molecule has 0 bridgehead atoms. The lowest BCUT2D eigenvalue weighted by Crippen LogP contribution is -2.15. The standard InChI is InChI=1S/C18H16FN5O/c1-7-8(2)15-17(22-9(7)3)13(14(20)18(25)23-15)10-4-5-12(19)16-11(10)6-21-24-16/h4-6H,20H2,1-3H3,(H,21,24)(H,23,25). The summed E-state index contributed by atoms with van der Waals surface area (Å²) in [7, 11) is 0. The zero-order valence-electron chi connectivity index (χ0n) is 14.0. The van der Waals surface area contributed by atoms with Crippen molar-refractivity contribution in [3.63, 3.8) is 0 Å². The van der Waals surface area contributed by atoms with Crippen LogP contribution in [0.25, 0.3) is 33.1 Å². The predicted molar refractivity (Wildman–Crippen MR) is 96.0 cm³/mol. The summed E-state index contributed by atoms with van der Waals surface area (Å²) in [6, 6.07) is 2.93. The first-order valence-electron chi connectivity index (χ1n) is 7.81. The summed E-state index contributed by atoms with van der Waals surface area (Å²) in [5, 5.41) is 7.11. The summed E-state index contributed by atoms with van der Waals surface area (Å²) < 4.78 is 14.0. The molecule has 0 unspecified atom stereocenters. The molecule has 1 aromatic carbocycles. The van der Waals surface area contributed by atoms with E-state index in [2.05, 4.69) is 20.2 Å². The molecule has 3 heterocycles. The lowest BCUT2D eigenvalue weighted by atomic mass is 9.97. The Morgan fingerprint density at radius 2 is 1.88 bits per heavy atom. The molecule has 6 nitrogen and oxygen atoms in total. The van der Waals surface area contributed by atoms with Crippen LogP contribution in [0.15, 0.2) is 23.1 Å². The number of rotatable bonds is 1. The van der Waals surface area contributed by atoms with E-state index in [1.54, 1.807) is 6.07 Å². The van der Waals surface area contributed by atoms with Crippen molar-refractivity contribution in [1.29, 1.82) is 0 Å². The molecule has 0 spiro atoms. The quantitative estimate of drug-likeness (QED) is 0.497. The van der Waals surface area contributed by atoms with Crippen LogP contribution in [0.4, 0.5) is 10.1 Å². The van der Waals surface area contributed by atoms with E-state index in [-0.39, 0.29) is 11.2 Å². The number of hydrogen-bond donors (Lipinski definition) is 3. The van der Waals surface area contributed by atoms with Gasteiger partial charge in [0.05, 0.1) is 17.2 Å². The molecule has 0 amide bonds. The number of nitrogens with one attached hydrogen (secondary N) is 2. The molecule has 4 N–H and O–H groups in total. The fraction of sp³-hybridized carbons (Fsp3) is 0.167. The molecule has 3 aromatic heterocycles. The predicted octanol–water partition coefficient (Wildman–Crippen LogP) is 3.11. The maximum Gasteiger partial charge on any atom is 0.272 e. The van der Waals surface area contributed by atoms with Gasteiger partial charge in [-0.05, 0) is 43.5 Å². The second-order valence-corrected chi connectivity index (χ2v) is 6.17. The van der Waals surface area contributed by atoms with E-state index >= 15 is 0 Å². The van der Waals surface area contributed by atoms with Gasteiger partial charge in [-0.15, -0.1) is 0 Å². The minimum atomic E-state index is -0.417. The summed E-state index contributed by atoms with van der Waals surface area (Å²) in [5.41, 5.74) is 11.2. The number of fused-ring (bicyclic) bond motifs is 2. The molecule has 126 valence electrons. The number of aromatic amines is 2. The number of hydrogen-bond acceptors (Lipinski definition) is 4. The molecule has 0 radical (unpaired) electrons. The van der Waals surface area contributed by atoms with Crippen molar-refractivity contribution in [2.24, 2.45) is 0 Å². The van der Waals surface area contributed by atoms with E-state index in [0.29, 0.717) is 27.5 Å². The van der Waals surface area contributed by atoms with Crippen molar-refractivity contribution in [2.45, 2.75) is 20.8 Å². The third-order valence-corrected chi connectivity index (χ3v) is 4.82. The van der Waals surface area contributed by atoms with Crippen LogP contribution in [0, 0.1) is 26.6 Å². The fourth-order valence-corrected chi connectivity index (χ4v) is 3.19. The summed E-state index contributed by atoms with van der Waals surface area (Å²) in [6.45, 7) is 5.79. The van der Waals surface area contributed by atoms with Crippen LogP contribution < -0.4 is 11.3 Å². The van der Waals surface area contributed by atoms with E-state index in [4.69, 9.17) is 5.73 Å². The van der Waals surface area contributed by atoms with Gasteiger partial charge < -0.3 is 10.7 Å². The molecular weight excluding hydrogens is 321 g/mol. The number of nitrogen functional groups attached to an aromatic ring is 1. The first-order chi connectivity index (χ1) is 11.9. The Morgan fingerprint density at radius 3 is 2.64 bits per heavy atom. The van der Waals surface area contributed by atoms with Gasteiger partial charge in [0.2, 0.25) is 0 Å². The smallest absolute Gasteiger partial charge is 0.272 e. The van der Waals surface area contributed by atoms with Gasteiger partial charge in [0.1, 0.15) is 17.0 Å². The van der Waals surface area contributed by atoms with Crippen molar-refractivity contribution in [3.05, 3.63) is 51.3 Å². The number of H-pyrrole nitrogens is 2. The van der Waals surface area contributed by atoms with E-state index in [0.717, 1.165) is 16.8 Å². The number of anilines is 1. The van der Waals surface area contributed by atoms with Crippen LogP contribution in [-0.2, 0) is 0 Å². The second-order valence-electron chi connectivity index (χ2n) is 6.17. The van der Waals surface area contributed by atoms with Gasteiger partial charge in [-0.3, -0.25) is 14.9 Å². The van der Waals surface area contributed by atoms with Gasteiger partial charge in [-0.1, -0.05) is 6.07 Å². The molecule has 0 aliphatic carbocycles. The minimum absolute atomic E-state index is 0.0526. The highest BCUT2D eigenvalue weighted by atomic mass is 19.1. The Balaban J connectivity index is 2.25. The zero-order chi connectivity index (χ0) is 17.9. The van der Waals surface area contributed by atoms with Crippen LogP contribution in [-0.4, -0.2) is 20.2 Å². The third-order valence-electron chi connectivity index (χ3n) is 4.82. The Hall–Kier alpha value is -3.22. The highest BCUT2D eigenvalue weighted by molar-refractivity contribution is 6.06. The maximum absolute atomic E-state index is 14.0. The second kappa shape index (κ2) is 5.14. The number of nitrogens with two attached hydrogens (primary N) is 1. The monoisotopic (exact) mass is 337 g/mol. The van der Waals surface area contributed by atoms with Crippen molar-refractivity contribution >= 4 is 27.6 Å². The van der Waals surface area contributed by atoms with Crippen LogP contribution in [0.2, 0.25) is 0 Å². The number of benzene rings is 1. The van der Waals surface area contributed by atoms with E-state index < -0.39 is 11.4 Å². The Labute approximate surface area is 141 Å².